The molecule has 33 heavy (non-hydrogen) atoms. The predicted molar refractivity (Wildman–Crippen MR) is 129 cm³/mol. The number of H-pyrrole nitrogens is 1. The van der Waals surface area contributed by atoms with Crippen molar-refractivity contribution in [1.82, 2.24) is 19.7 Å². The Balaban J connectivity index is 1.21. The molecule has 0 bridgehead atoms. The maximum Gasteiger partial charge on any atom is 0.324 e. The second kappa shape index (κ2) is 8.82. The minimum atomic E-state index is -0.308. The van der Waals surface area contributed by atoms with Gasteiger partial charge in [0, 0.05) is 35.7 Å². The Morgan fingerprint density at radius 1 is 1.00 bits per heavy atom. The summed E-state index contributed by atoms with van der Waals surface area (Å²) in [5.41, 5.74) is 3.34. The molecule has 3 amide bonds. The topological polar surface area (TPSA) is 95.1 Å². The van der Waals surface area contributed by atoms with Gasteiger partial charge in [-0.2, -0.15) is 5.10 Å². The highest BCUT2D eigenvalue weighted by atomic mass is 16.2. The van der Waals surface area contributed by atoms with E-state index in [1.54, 1.807) is 12.3 Å². The third kappa shape index (κ3) is 4.32. The van der Waals surface area contributed by atoms with Crippen LogP contribution in [-0.4, -0.2) is 44.7 Å². The molecule has 1 saturated heterocycles. The summed E-state index contributed by atoms with van der Waals surface area (Å²) in [5, 5.41) is 11.3. The van der Waals surface area contributed by atoms with E-state index in [0.29, 0.717) is 24.6 Å². The summed E-state index contributed by atoms with van der Waals surface area (Å²) in [6.45, 7) is 3.21. The number of carbonyl (C=O) groups is 2. The van der Waals surface area contributed by atoms with Gasteiger partial charge in [0.15, 0.2) is 0 Å². The number of anilines is 2. The molecule has 0 spiro atoms. The van der Waals surface area contributed by atoms with Crippen molar-refractivity contribution < 1.29 is 9.59 Å². The quantitative estimate of drug-likeness (QED) is 0.424. The van der Waals surface area contributed by atoms with E-state index < -0.39 is 0 Å². The Labute approximate surface area is 191 Å². The minimum absolute atomic E-state index is 0.0149. The molecule has 0 aliphatic carbocycles. The molecule has 168 valence electrons. The van der Waals surface area contributed by atoms with E-state index in [0.717, 1.165) is 35.0 Å². The molecule has 1 aliphatic heterocycles. The van der Waals surface area contributed by atoms with Gasteiger partial charge in [0.2, 0.25) is 0 Å². The average molecular weight is 443 g/mol. The third-order valence-electron chi connectivity index (χ3n) is 6.16. The summed E-state index contributed by atoms with van der Waals surface area (Å²) in [6.07, 6.45) is 3.22. The molecule has 0 saturated carbocycles. The molecule has 3 N–H and O–H groups in total. The molecule has 8 nitrogen and oxygen atoms in total. The lowest BCUT2D eigenvalue weighted by atomic mass is 10.0. The largest absolute Gasteiger partial charge is 0.351 e. The van der Waals surface area contributed by atoms with Gasteiger partial charge in [-0.1, -0.05) is 36.4 Å². The third-order valence-corrected chi connectivity index (χ3v) is 6.16. The summed E-state index contributed by atoms with van der Waals surface area (Å²) in [6, 6.07) is 19.0. The summed E-state index contributed by atoms with van der Waals surface area (Å²) in [4.78, 5) is 30.6. The number of aromatic nitrogens is 3. The fourth-order valence-corrected chi connectivity index (χ4v) is 4.36. The van der Waals surface area contributed by atoms with Crippen LogP contribution in [0.25, 0.3) is 10.9 Å². The summed E-state index contributed by atoms with van der Waals surface area (Å²) >= 11 is 0. The van der Waals surface area contributed by atoms with E-state index >= 15 is 0 Å². The molecule has 8 heteroatoms. The van der Waals surface area contributed by atoms with Crippen molar-refractivity contribution in [3.8, 4) is 0 Å². The van der Waals surface area contributed by atoms with Gasteiger partial charge in [-0.05, 0) is 43.5 Å². The number of urea groups is 1. The lowest BCUT2D eigenvalue weighted by Crippen LogP contribution is -2.39. The number of para-hydroxylation sites is 2. The van der Waals surface area contributed by atoms with E-state index in [-0.39, 0.29) is 18.0 Å². The van der Waals surface area contributed by atoms with Gasteiger partial charge in [-0.15, -0.1) is 0 Å². The zero-order chi connectivity index (χ0) is 22.8. The normalized spacial score (nSPS) is 14.4. The van der Waals surface area contributed by atoms with Crippen molar-refractivity contribution in [2.45, 2.75) is 25.8 Å². The van der Waals surface area contributed by atoms with Crippen LogP contribution in [-0.2, 0) is 0 Å². The monoisotopic (exact) mass is 442 g/mol. The molecule has 0 radical (unpaired) electrons. The van der Waals surface area contributed by atoms with E-state index in [2.05, 4.69) is 20.7 Å². The van der Waals surface area contributed by atoms with E-state index in [4.69, 9.17) is 0 Å². The number of fused-ring (bicyclic) bond motifs is 1. The Hall–Kier alpha value is -4.07. The van der Waals surface area contributed by atoms with E-state index in [9.17, 15) is 9.59 Å². The van der Waals surface area contributed by atoms with Crippen LogP contribution in [0.2, 0.25) is 0 Å². The van der Waals surface area contributed by atoms with Crippen LogP contribution in [0.15, 0.2) is 66.9 Å². The standard InChI is InChI=1S/C25H26N6O2/c1-17-6-2-4-8-20(17)28-25(33)29-23-10-13-26-31(23)19-11-14-30(15-12-19)24(32)22-16-18-7-3-5-9-21(18)27-22/h2-10,13,16,19,27H,11-12,14-15H2,1H3,(H2,28,29,33). The Kier molecular flexibility index (Phi) is 5.56. The number of likely N-dealkylation sites (tertiary alicyclic amines) is 1. The lowest BCUT2D eigenvalue weighted by Gasteiger charge is -2.32. The van der Waals surface area contributed by atoms with Crippen LogP contribution in [0.4, 0.5) is 16.3 Å². The first kappa shape index (κ1) is 20.8. The highest BCUT2D eigenvalue weighted by molar-refractivity contribution is 6.00. The number of carbonyl (C=O) groups excluding carboxylic acids is 2. The van der Waals surface area contributed by atoms with E-state index in [1.165, 1.54) is 0 Å². The molecular weight excluding hydrogens is 416 g/mol. The number of nitrogens with zero attached hydrogens (tertiary/aromatic N) is 3. The number of nitrogens with one attached hydrogen (secondary N) is 3. The van der Waals surface area contributed by atoms with Crippen LogP contribution in [0.5, 0.6) is 0 Å². The molecule has 2 aromatic heterocycles. The van der Waals surface area contributed by atoms with Crippen LogP contribution >= 0.6 is 0 Å². The number of hydrogen-bond acceptors (Lipinski definition) is 3. The second-order valence-electron chi connectivity index (χ2n) is 8.35. The zero-order valence-corrected chi connectivity index (χ0v) is 18.4. The van der Waals surface area contributed by atoms with E-state index in [1.807, 2.05) is 71.1 Å². The molecule has 0 atom stereocenters. The lowest BCUT2D eigenvalue weighted by molar-refractivity contribution is 0.0686. The molecule has 1 fully saturated rings. The number of piperidine rings is 1. The van der Waals surface area contributed by atoms with Crippen LogP contribution in [0.3, 0.4) is 0 Å². The van der Waals surface area contributed by atoms with Crippen LogP contribution in [0.1, 0.15) is 34.9 Å². The molecule has 5 rings (SSSR count). The first-order chi connectivity index (χ1) is 16.1. The van der Waals surface area contributed by atoms with Gasteiger partial charge >= 0.3 is 6.03 Å². The predicted octanol–water partition coefficient (Wildman–Crippen LogP) is 4.79. The second-order valence-corrected chi connectivity index (χ2v) is 8.35. The zero-order valence-electron chi connectivity index (χ0n) is 18.4. The Bertz CT molecular complexity index is 1270. The molecule has 0 unspecified atom stereocenters. The first-order valence-corrected chi connectivity index (χ1v) is 11.1. The van der Waals surface area contributed by atoms with Crippen molar-refractivity contribution in [2.24, 2.45) is 0 Å². The van der Waals surface area contributed by atoms with Crippen molar-refractivity contribution >= 4 is 34.3 Å². The number of benzene rings is 2. The number of hydrogen-bond donors (Lipinski definition) is 3. The van der Waals surface area contributed by atoms with Gasteiger partial charge in [-0.3, -0.25) is 10.1 Å². The Morgan fingerprint density at radius 3 is 2.55 bits per heavy atom. The van der Waals surface area contributed by atoms with Gasteiger partial charge in [0.1, 0.15) is 11.5 Å². The highest BCUT2D eigenvalue weighted by Gasteiger charge is 2.27. The minimum Gasteiger partial charge on any atom is -0.351 e. The van der Waals surface area contributed by atoms with Gasteiger partial charge in [-0.25, -0.2) is 9.48 Å². The average Bonchev–Trinajstić information content (AvgIpc) is 3.47. The smallest absolute Gasteiger partial charge is 0.324 e. The fourth-order valence-electron chi connectivity index (χ4n) is 4.36. The molecular formula is C25H26N6O2. The molecule has 1 aliphatic rings. The van der Waals surface area contributed by atoms with Crippen molar-refractivity contribution in [2.75, 3.05) is 23.7 Å². The first-order valence-electron chi connectivity index (χ1n) is 11.1. The summed E-state index contributed by atoms with van der Waals surface area (Å²) in [7, 11) is 0. The number of rotatable bonds is 4. The number of amides is 3. The number of aryl methyl sites for hydroxylation is 1. The molecule has 2 aromatic carbocycles. The fraction of sp³-hybridized carbons (Fsp3) is 0.240. The maximum absolute atomic E-state index is 13.0. The maximum atomic E-state index is 13.0. The van der Waals surface area contributed by atoms with Gasteiger partial charge in [0.25, 0.3) is 5.91 Å². The van der Waals surface area contributed by atoms with Crippen molar-refractivity contribution in [3.05, 3.63) is 78.1 Å². The molecule has 4 aromatic rings. The Morgan fingerprint density at radius 2 is 1.76 bits per heavy atom. The van der Waals surface area contributed by atoms with Crippen molar-refractivity contribution in [1.29, 1.82) is 0 Å². The summed E-state index contributed by atoms with van der Waals surface area (Å²) in [5.74, 6) is 0.655. The van der Waals surface area contributed by atoms with Crippen LogP contribution < -0.4 is 10.6 Å². The molecule has 3 heterocycles. The van der Waals surface area contributed by atoms with Crippen LogP contribution in [0, 0.1) is 6.92 Å². The van der Waals surface area contributed by atoms with Gasteiger partial charge in [0.05, 0.1) is 12.2 Å². The van der Waals surface area contributed by atoms with Gasteiger partial charge < -0.3 is 15.2 Å². The van der Waals surface area contributed by atoms with Crippen molar-refractivity contribution in [3.63, 3.8) is 0 Å². The SMILES string of the molecule is Cc1ccccc1NC(=O)Nc1ccnn1C1CCN(C(=O)c2cc3ccccc3[nH]2)CC1. The highest BCUT2D eigenvalue weighted by Crippen LogP contribution is 2.27. The summed E-state index contributed by atoms with van der Waals surface area (Å²) < 4.78 is 1.85. The number of aromatic amines is 1.